The molecule has 0 saturated carbocycles. The third kappa shape index (κ3) is 3.80. The smallest absolute Gasteiger partial charge is 0.160 e. The predicted molar refractivity (Wildman–Crippen MR) is 191 cm³/mol. The molecule has 214 valence electrons. The van der Waals surface area contributed by atoms with Gasteiger partial charge in [-0.25, -0.2) is 9.97 Å². The molecule has 4 aromatic heterocycles. The average molecular weight is 587 g/mol. The van der Waals surface area contributed by atoms with Crippen molar-refractivity contribution in [3.8, 4) is 22.6 Å². The predicted octanol–water partition coefficient (Wildman–Crippen LogP) is 10.6. The van der Waals surface area contributed by atoms with Crippen LogP contribution in [0.2, 0.25) is 0 Å². The fourth-order valence-electron chi connectivity index (χ4n) is 7.05. The van der Waals surface area contributed by atoms with Crippen LogP contribution in [0, 0.1) is 0 Å². The summed E-state index contributed by atoms with van der Waals surface area (Å²) < 4.78 is 4.59. The number of hydrogen-bond acceptors (Lipinski definition) is 2. The minimum Gasteiger partial charge on any atom is -0.316 e. The van der Waals surface area contributed by atoms with Crippen LogP contribution in [-0.2, 0) is 0 Å². The van der Waals surface area contributed by atoms with Crippen molar-refractivity contribution in [1.82, 2.24) is 18.8 Å². The number of para-hydroxylation sites is 1. The van der Waals surface area contributed by atoms with E-state index < -0.39 is 0 Å². The van der Waals surface area contributed by atoms with E-state index >= 15 is 0 Å². The summed E-state index contributed by atoms with van der Waals surface area (Å²) in [6.45, 7) is 0. The van der Waals surface area contributed by atoms with Crippen molar-refractivity contribution in [2.24, 2.45) is 0 Å². The number of hydrogen-bond donors (Lipinski definition) is 0. The third-order valence-electron chi connectivity index (χ3n) is 9.30. The Balaban J connectivity index is 1.39. The SMILES string of the molecule is c1ccc(-c2nc(-c3cc4cc(c3)n3ccc5ccc(cc53)c3ccccc3c3ccc5ccn4c5c3)nc3ccccc23)cc1. The molecule has 4 heterocycles. The van der Waals surface area contributed by atoms with E-state index in [-0.39, 0.29) is 0 Å². The van der Waals surface area contributed by atoms with Gasteiger partial charge in [-0.1, -0.05) is 97.1 Å². The van der Waals surface area contributed by atoms with Crippen molar-refractivity contribution in [2.75, 3.05) is 0 Å². The molecule has 0 aliphatic heterocycles. The topological polar surface area (TPSA) is 34.6 Å². The lowest BCUT2D eigenvalue weighted by Gasteiger charge is -2.10. The minimum atomic E-state index is 0.701. The van der Waals surface area contributed by atoms with Crippen molar-refractivity contribution < 1.29 is 0 Å². The van der Waals surface area contributed by atoms with Crippen molar-refractivity contribution in [3.63, 3.8) is 0 Å². The largest absolute Gasteiger partial charge is 0.316 e. The molecule has 6 aromatic carbocycles. The van der Waals surface area contributed by atoms with Crippen molar-refractivity contribution >= 4 is 65.3 Å². The molecule has 46 heavy (non-hydrogen) atoms. The number of aromatic nitrogens is 4. The highest BCUT2D eigenvalue weighted by Crippen LogP contribution is 2.33. The first-order valence-corrected chi connectivity index (χ1v) is 15.6. The number of rotatable bonds is 2. The van der Waals surface area contributed by atoms with Crippen LogP contribution in [0.3, 0.4) is 0 Å². The molecule has 0 amide bonds. The monoisotopic (exact) mass is 586 g/mol. The lowest BCUT2D eigenvalue weighted by molar-refractivity contribution is 1.21. The first-order chi connectivity index (χ1) is 22.8. The van der Waals surface area contributed by atoms with Crippen LogP contribution in [0.1, 0.15) is 0 Å². The van der Waals surface area contributed by atoms with Gasteiger partial charge < -0.3 is 8.80 Å². The van der Waals surface area contributed by atoms with Crippen LogP contribution in [0.5, 0.6) is 0 Å². The van der Waals surface area contributed by atoms with Crippen LogP contribution in [0.15, 0.2) is 158 Å². The summed E-state index contributed by atoms with van der Waals surface area (Å²) in [6.07, 6.45) is 4.34. The third-order valence-corrected chi connectivity index (χ3v) is 9.30. The summed E-state index contributed by atoms with van der Waals surface area (Å²) in [5.41, 5.74) is 8.32. The maximum atomic E-state index is 5.25. The number of fused-ring (bicyclic) bond motifs is 10. The van der Waals surface area contributed by atoms with Crippen LogP contribution < -0.4 is 0 Å². The van der Waals surface area contributed by atoms with Crippen LogP contribution in [0.25, 0.3) is 87.9 Å². The Morgan fingerprint density at radius 2 is 0.935 bits per heavy atom. The van der Waals surface area contributed by atoms with Gasteiger partial charge in [0.25, 0.3) is 0 Å². The Labute approximate surface area is 264 Å². The van der Waals surface area contributed by atoms with Gasteiger partial charge in [0.1, 0.15) is 0 Å². The van der Waals surface area contributed by atoms with Gasteiger partial charge >= 0.3 is 0 Å². The highest BCUT2D eigenvalue weighted by Gasteiger charge is 2.13. The van der Waals surface area contributed by atoms with Gasteiger partial charge in [0.15, 0.2) is 5.82 Å². The minimum absolute atomic E-state index is 0.701. The molecule has 10 aromatic rings. The maximum Gasteiger partial charge on any atom is 0.160 e. The Kier molecular flexibility index (Phi) is 5.25. The molecular weight excluding hydrogens is 560 g/mol. The van der Waals surface area contributed by atoms with Gasteiger partial charge in [0.05, 0.1) is 22.2 Å². The highest BCUT2D eigenvalue weighted by molar-refractivity contribution is 6.09. The second-order valence-electron chi connectivity index (χ2n) is 12.0. The molecule has 4 heteroatoms. The summed E-state index contributed by atoms with van der Waals surface area (Å²) in [7, 11) is 0. The molecule has 6 bridgehead atoms. The molecule has 0 unspecified atom stereocenters. The standard InChI is InChI=1S/C42H26N4/c1-2-8-29(9-3-1)41-37-12-6-7-13-38(37)43-42(44-41)32-22-33-26-34(23-32)46-21-19-28-15-17-31(25-40(28)46)36-11-5-4-10-35(36)30-16-14-27-18-20-45(33)39(27)24-30/h1-26H. The van der Waals surface area contributed by atoms with Crippen LogP contribution in [-0.4, -0.2) is 18.8 Å². The maximum absolute atomic E-state index is 5.25. The summed E-state index contributed by atoms with van der Waals surface area (Å²) in [5.74, 6) is 0.701. The van der Waals surface area contributed by atoms with Crippen molar-refractivity contribution in [3.05, 3.63) is 158 Å². The van der Waals surface area contributed by atoms with E-state index in [0.29, 0.717) is 5.82 Å². The Bertz CT molecular complexity index is 2730. The molecule has 0 N–H and O–H groups in total. The Hall–Kier alpha value is -6.26. The van der Waals surface area contributed by atoms with E-state index in [4.69, 9.17) is 9.97 Å². The quantitative estimate of drug-likeness (QED) is 0.202. The molecule has 0 fully saturated rings. The molecule has 0 spiro atoms. The normalized spacial score (nSPS) is 11.9. The lowest BCUT2D eigenvalue weighted by Crippen LogP contribution is -1.96. The zero-order valence-electron chi connectivity index (χ0n) is 24.8. The van der Waals surface area contributed by atoms with Crippen molar-refractivity contribution in [1.29, 1.82) is 0 Å². The molecule has 4 nitrogen and oxygen atoms in total. The van der Waals surface area contributed by atoms with Crippen molar-refractivity contribution in [2.45, 2.75) is 0 Å². The first-order valence-electron chi connectivity index (χ1n) is 15.6. The van der Waals surface area contributed by atoms with Gasteiger partial charge in [-0.15, -0.1) is 0 Å². The van der Waals surface area contributed by atoms with Gasteiger partial charge in [-0.3, -0.25) is 0 Å². The molecular formula is C42H26N4. The molecule has 0 aliphatic rings. The average Bonchev–Trinajstić information content (AvgIpc) is 3.75. The Morgan fingerprint density at radius 3 is 1.57 bits per heavy atom. The van der Waals surface area contributed by atoms with E-state index in [1.807, 2.05) is 12.1 Å². The van der Waals surface area contributed by atoms with E-state index in [0.717, 1.165) is 49.8 Å². The summed E-state index contributed by atoms with van der Waals surface area (Å²) >= 11 is 0. The molecule has 0 radical (unpaired) electrons. The zero-order valence-corrected chi connectivity index (χ0v) is 24.8. The van der Waals surface area contributed by atoms with Gasteiger partial charge in [-0.2, -0.15) is 0 Å². The van der Waals surface area contributed by atoms with Gasteiger partial charge in [0, 0.05) is 39.9 Å². The van der Waals surface area contributed by atoms with Gasteiger partial charge in [0.2, 0.25) is 0 Å². The summed E-state index contributed by atoms with van der Waals surface area (Å²) in [6, 6.07) is 52.1. The van der Waals surface area contributed by atoms with E-state index in [2.05, 4.69) is 155 Å². The Morgan fingerprint density at radius 1 is 0.391 bits per heavy atom. The number of nitrogens with zero attached hydrogens (tertiary/aromatic N) is 4. The molecule has 10 rings (SSSR count). The van der Waals surface area contributed by atoms with E-state index in [1.54, 1.807) is 0 Å². The van der Waals surface area contributed by atoms with Crippen LogP contribution in [0.4, 0.5) is 0 Å². The fraction of sp³-hybridized carbons (Fsp3) is 0. The van der Waals surface area contributed by atoms with E-state index in [1.165, 1.54) is 32.3 Å². The first kappa shape index (κ1) is 25.1. The molecule has 0 atom stereocenters. The second-order valence-corrected chi connectivity index (χ2v) is 12.0. The number of benzene rings is 6. The highest BCUT2D eigenvalue weighted by atomic mass is 14.9. The molecule has 0 saturated heterocycles. The summed E-state index contributed by atoms with van der Waals surface area (Å²) in [5, 5.41) is 8.26. The van der Waals surface area contributed by atoms with E-state index in [9.17, 15) is 0 Å². The lowest BCUT2D eigenvalue weighted by atomic mass is 10.0. The summed E-state index contributed by atoms with van der Waals surface area (Å²) in [4.78, 5) is 10.4. The molecule has 0 aliphatic carbocycles. The zero-order chi connectivity index (χ0) is 30.2. The second kappa shape index (κ2) is 9.62. The fourth-order valence-corrected chi connectivity index (χ4v) is 7.05. The van der Waals surface area contributed by atoms with Gasteiger partial charge in [-0.05, 0) is 80.8 Å². The van der Waals surface area contributed by atoms with Crippen LogP contribution >= 0.6 is 0 Å².